The second-order valence-electron chi connectivity index (χ2n) is 4.30. The molecule has 0 radical (unpaired) electrons. The standard InChI is InChI=1S/C11H14N4O3/c1-17-4-7-2-3-8(18-7)15-6-14-9-10(15)12-5-13-11(9)16/h5-8H,2-4H2,1H3,(H,12,13,16). The van der Waals surface area contributed by atoms with E-state index in [1.54, 1.807) is 18.0 Å². The minimum atomic E-state index is -0.231. The molecule has 1 aliphatic heterocycles. The van der Waals surface area contributed by atoms with Gasteiger partial charge in [-0.15, -0.1) is 0 Å². The highest BCUT2D eigenvalue weighted by Gasteiger charge is 2.27. The molecule has 1 fully saturated rings. The lowest BCUT2D eigenvalue weighted by atomic mass is 10.2. The Hall–Kier alpha value is -1.73. The van der Waals surface area contributed by atoms with Gasteiger partial charge in [0.15, 0.2) is 11.2 Å². The Kier molecular flexibility index (Phi) is 2.85. The molecule has 7 nitrogen and oxygen atoms in total. The number of ether oxygens (including phenoxy) is 2. The van der Waals surface area contributed by atoms with E-state index < -0.39 is 0 Å². The SMILES string of the molecule is COCC1CCC(n2cnc3c(=O)[nH]cnc32)O1. The van der Waals surface area contributed by atoms with Crippen LogP contribution in [0.15, 0.2) is 17.4 Å². The topological polar surface area (TPSA) is 82.0 Å². The average Bonchev–Trinajstić information content (AvgIpc) is 2.96. The van der Waals surface area contributed by atoms with Crippen LogP contribution >= 0.6 is 0 Å². The van der Waals surface area contributed by atoms with Crippen LogP contribution in [-0.4, -0.2) is 39.3 Å². The molecular formula is C11H14N4O3. The molecule has 1 aliphatic rings. The van der Waals surface area contributed by atoms with Crippen LogP contribution in [0.4, 0.5) is 0 Å². The van der Waals surface area contributed by atoms with E-state index in [-0.39, 0.29) is 17.9 Å². The van der Waals surface area contributed by atoms with Crippen molar-refractivity contribution >= 4 is 11.2 Å². The average molecular weight is 250 g/mol. The number of imidazole rings is 1. The van der Waals surface area contributed by atoms with Crippen LogP contribution in [0.2, 0.25) is 0 Å². The molecule has 3 rings (SSSR count). The van der Waals surface area contributed by atoms with Gasteiger partial charge in [-0.1, -0.05) is 0 Å². The van der Waals surface area contributed by atoms with Crippen LogP contribution in [0.5, 0.6) is 0 Å². The van der Waals surface area contributed by atoms with Crippen molar-refractivity contribution in [2.75, 3.05) is 13.7 Å². The van der Waals surface area contributed by atoms with Gasteiger partial charge in [-0.25, -0.2) is 9.97 Å². The number of aromatic nitrogens is 4. The van der Waals surface area contributed by atoms with Crippen LogP contribution in [0, 0.1) is 0 Å². The Bertz CT molecular complexity index is 606. The van der Waals surface area contributed by atoms with Gasteiger partial charge in [-0.3, -0.25) is 9.36 Å². The van der Waals surface area contributed by atoms with E-state index in [1.807, 2.05) is 0 Å². The minimum absolute atomic E-state index is 0.0967. The molecule has 0 amide bonds. The first-order valence-electron chi connectivity index (χ1n) is 5.84. The second kappa shape index (κ2) is 4.51. The third-order valence-electron chi connectivity index (χ3n) is 3.11. The van der Waals surface area contributed by atoms with Crippen molar-refractivity contribution in [2.24, 2.45) is 0 Å². The summed E-state index contributed by atoms with van der Waals surface area (Å²) in [7, 11) is 1.66. The molecule has 3 heterocycles. The Morgan fingerprint density at radius 1 is 1.56 bits per heavy atom. The summed E-state index contributed by atoms with van der Waals surface area (Å²) in [4.78, 5) is 22.3. The molecule has 0 bridgehead atoms. The summed E-state index contributed by atoms with van der Waals surface area (Å²) in [5.41, 5.74) is 0.670. The highest BCUT2D eigenvalue weighted by Crippen LogP contribution is 2.29. The maximum Gasteiger partial charge on any atom is 0.278 e. The van der Waals surface area contributed by atoms with Crippen molar-refractivity contribution in [2.45, 2.75) is 25.2 Å². The summed E-state index contributed by atoms with van der Waals surface area (Å²) in [5, 5.41) is 0. The number of rotatable bonds is 3. The van der Waals surface area contributed by atoms with Crippen molar-refractivity contribution < 1.29 is 9.47 Å². The Morgan fingerprint density at radius 3 is 3.28 bits per heavy atom. The molecule has 2 aromatic rings. The number of aromatic amines is 1. The fourth-order valence-corrected chi connectivity index (χ4v) is 2.27. The second-order valence-corrected chi connectivity index (χ2v) is 4.30. The largest absolute Gasteiger partial charge is 0.382 e. The van der Waals surface area contributed by atoms with Crippen molar-refractivity contribution in [3.05, 3.63) is 23.0 Å². The van der Waals surface area contributed by atoms with E-state index >= 15 is 0 Å². The fraction of sp³-hybridized carbons (Fsp3) is 0.545. The summed E-state index contributed by atoms with van der Waals surface area (Å²) < 4.78 is 12.7. The van der Waals surface area contributed by atoms with Crippen LogP contribution in [0.3, 0.4) is 0 Å². The smallest absolute Gasteiger partial charge is 0.278 e. The summed E-state index contributed by atoms with van der Waals surface area (Å²) in [6, 6.07) is 0. The predicted molar refractivity (Wildman–Crippen MR) is 63.2 cm³/mol. The zero-order chi connectivity index (χ0) is 12.5. The summed E-state index contributed by atoms with van der Waals surface area (Å²) in [6.45, 7) is 0.580. The maximum absolute atomic E-state index is 11.5. The molecule has 0 spiro atoms. The Balaban J connectivity index is 1.92. The van der Waals surface area contributed by atoms with E-state index in [1.165, 1.54) is 6.33 Å². The molecule has 2 unspecified atom stereocenters. The molecule has 0 aromatic carbocycles. The first-order chi connectivity index (χ1) is 8.79. The molecule has 18 heavy (non-hydrogen) atoms. The van der Waals surface area contributed by atoms with Gasteiger partial charge in [0, 0.05) is 7.11 Å². The quantitative estimate of drug-likeness (QED) is 0.855. The number of hydrogen-bond acceptors (Lipinski definition) is 5. The van der Waals surface area contributed by atoms with Gasteiger partial charge in [0.25, 0.3) is 5.56 Å². The van der Waals surface area contributed by atoms with Gasteiger partial charge in [0.1, 0.15) is 6.23 Å². The lowest BCUT2D eigenvalue weighted by Crippen LogP contribution is -2.16. The highest BCUT2D eigenvalue weighted by molar-refractivity contribution is 5.68. The van der Waals surface area contributed by atoms with E-state index in [2.05, 4.69) is 15.0 Å². The fourth-order valence-electron chi connectivity index (χ4n) is 2.27. The molecule has 0 aliphatic carbocycles. The van der Waals surface area contributed by atoms with E-state index in [0.717, 1.165) is 12.8 Å². The van der Waals surface area contributed by atoms with Gasteiger partial charge < -0.3 is 14.5 Å². The Labute approximate surface area is 103 Å². The van der Waals surface area contributed by atoms with Crippen molar-refractivity contribution in [1.29, 1.82) is 0 Å². The zero-order valence-corrected chi connectivity index (χ0v) is 10.00. The van der Waals surface area contributed by atoms with Crippen LogP contribution < -0.4 is 5.56 Å². The van der Waals surface area contributed by atoms with Gasteiger partial charge in [-0.05, 0) is 12.8 Å². The molecule has 2 atom stereocenters. The van der Waals surface area contributed by atoms with Crippen LogP contribution in [0.25, 0.3) is 11.2 Å². The third-order valence-corrected chi connectivity index (χ3v) is 3.11. The molecule has 1 saturated heterocycles. The van der Waals surface area contributed by atoms with Crippen LogP contribution in [0.1, 0.15) is 19.1 Å². The lowest BCUT2D eigenvalue weighted by molar-refractivity contribution is -0.0300. The normalized spacial score (nSPS) is 23.8. The number of hydrogen-bond donors (Lipinski definition) is 1. The number of H-pyrrole nitrogens is 1. The van der Waals surface area contributed by atoms with E-state index in [9.17, 15) is 4.79 Å². The predicted octanol–water partition coefficient (Wildman–Crippen LogP) is 0.444. The summed E-state index contributed by atoms with van der Waals surface area (Å²) in [5.74, 6) is 0. The van der Waals surface area contributed by atoms with Crippen molar-refractivity contribution in [3.63, 3.8) is 0 Å². The first kappa shape index (κ1) is 11.4. The van der Waals surface area contributed by atoms with Gasteiger partial charge >= 0.3 is 0 Å². The maximum atomic E-state index is 11.5. The third kappa shape index (κ3) is 1.81. The number of nitrogens with one attached hydrogen (secondary N) is 1. The Morgan fingerprint density at radius 2 is 2.44 bits per heavy atom. The van der Waals surface area contributed by atoms with Gasteiger partial charge in [0.05, 0.1) is 25.4 Å². The molecular weight excluding hydrogens is 236 g/mol. The monoisotopic (exact) mass is 250 g/mol. The molecule has 1 N–H and O–H groups in total. The number of fused-ring (bicyclic) bond motifs is 1. The van der Waals surface area contributed by atoms with Crippen molar-refractivity contribution in [3.8, 4) is 0 Å². The van der Waals surface area contributed by atoms with E-state index in [0.29, 0.717) is 17.8 Å². The minimum Gasteiger partial charge on any atom is -0.382 e. The van der Waals surface area contributed by atoms with Crippen molar-refractivity contribution in [1.82, 2.24) is 19.5 Å². The zero-order valence-electron chi connectivity index (χ0n) is 10.00. The van der Waals surface area contributed by atoms with E-state index in [4.69, 9.17) is 9.47 Å². The first-order valence-corrected chi connectivity index (χ1v) is 5.84. The van der Waals surface area contributed by atoms with Crippen LogP contribution in [-0.2, 0) is 9.47 Å². The van der Waals surface area contributed by atoms with Gasteiger partial charge in [0.2, 0.25) is 0 Å². The highest BCUT2D eigenvalue weighted by atomic mass is 16.5. The lowest BCUT2D eigenvalue weighted by Gasteiger charge is -2.14. The molecule has 96 valence electrons. The summed E-state index contributed by atoms with van der Waals surface area (Å²) >= 11 is 0. The number of nitrogens with zero attached hydrogens (tertiary/aromatic N) is 3. The van der Waals surface area contributed by atoms with Gasteiger partial charge in [-0.2, -0.15) is 0 Å². The summed E-state index contributed by atoms with van der Waals surface area (Å²) in [6.07, 6.45) is 4.76. The number of methoxy groups -OCH3 is 1. The molecule has 0 saturated carbocycles. The molecule has 7 heteroatoms. The molecule has 2 aromatic heterocycles.